The van der Waals surface area contributed by atoms with Gasteiger partial charge in [-0.05, 0) is 92.7 Å². The first-order valence-electron chi connectivity index (χ1n) is 17.9. The molecule has 2 heterocycles. The zero-order valence-electron chi connectivity index (χ0n) is 28.5. The van der Waals surface area contributed by atoms with Crippen LogP contribution in [0.25, 0.3) is 84.4 Å². The van der Waals surface area contributed by atoms with Crippen LogP contribution in [-0.2, 0) is 0 Å². The summed E-state index contributed by atoms with van der Waals surface area (Å²) in [7, 11) is 0. The van der Waals surface area contributed by atoms with Crippen LogP contribution in [0.1, 0.15) is 0 Å². The van der Waals surface area contributed by atoms with Crippen molar-refractivity contribution in [2.75, 3.05) is 4.90 Å². The molecule has 0 spiro atoms. The Bertz CT molecular complexity index is 3180. The topological polar surface area (TPSA) is 16.1 Å². The van der Waals surface area contributed by atoms with Crippen molar-refractivity contribution in [1.29, 1.82) is 0 Å². The number of thiophene rings is 1. The highest BCUT2D eigenvalue weighted by molar-refractivity contribution is 7.28. The summed E-state index contributed by atoms with van der Waals surface area (Å²) < 4.78 is 3.80. The molecule has 0 saturated heterocycles. The summed E-state index contributed by atoms with van der Waals surface area (Å²) in [6, 6.07) is 66.3. The summed E-state index contributed by atoms with van der Waals surface area (Å²) in [5, 5.41) is 11.0. The lowest BCUT2D eigenvalue weighted by molar-refractivity contribution is 1.31. The minimum Gasteiger partial charge on any atom is -0.310 e. The third kappa shape index (κ3) is 5.02. The number of benzene rings is 9. The number of fused-ring (bicyclic) bond motifs is 9. The van der Waals surface area contributed by atoms with E-state index in [4.69, 9.17) is 4.98 Å². The van der Waals surface area contributed by atoms with E-state index in [0.29, 0.717) is 0 Å². The van der Waals surface area contributed by atoms with Gasteiger partial charge in [0.2, 0.25) is 0 Å². The molecule has 0 saturated carbocycles. The van der Waals surface area contributed by atoms with Gasteiger partial charge in [0.25, 0.3) is 0 Å². The highest BCUT2D eigenvalue weighted by Crippen LogP contribution is 2.47. The van der Waals surface area contributed by atoms with Crippen LogP contribution in [0.2, 0.25) is 0 Å². The van der Waals surface area contributed by atoms with Gasteiger partial charge in [-0.3, -0.25) is 0 Å². The quantitative estimate of drug-likeness (QED) is 0.165. The second kappa shape index (κ2) is 12.1. The number of hydrogen-bond acceptors (Lipinski definition) is 4. The van der Waals surface area contributed by atoms with Gasteiger partial charge < -0.3 is 4.90 Å². The van der Waals surface area contributed by atoms with E-state index in [1.165, 1.54) is 68.3 Å². The summed E-state index contributed by atoms with van der Waals surface area (Å²) in [4.78, 5) is 7.57. The van der Waals surface area contributed by atoms with Crippen LogP contribution in [0.5, 0.6) is 0 Å². The Morgan fingerprint density at radius 3 is 1.89 bits per heavy atom. The van der Waals surface area contributed by atoms with Crippen LogP contribution in [0.4, 0.5) is 17.1 Å². The summed E-state index contributed by atoms with van der Waals surface area (Å²) >= 11 is 3.65. The van der Waals surface area contributed by atoms with Gasteiger partial charge in [-0.15, -0.1) is 22.7 Å². The molecule has 0 aliphatic heterocycles. The van der Waals surface area contributed by atoms with Gasteiger partial charge >= 0.3 is 0 Å². The average molecular weight is 711 g/mol. The van der Waals surface area contributed by atoms with Crippen molar-refractivity contribution in [1.82, 2.24) is 4.98 Å². The summed E-state index contributed by atoms with van der Waals surface area (Å²) in [5.41, 5.74) is 7.99. The van der Waals surface area contributed by atoms with Gasteiger partial charge in [-0.1, -0.05) is 127 Å². The molecule has 2 nitrogen and oxygen atoms in total. The van der Waals surface area contributed by atoms with E-state index < -0.39 is 0 Å². The molecule has 53 heavy (non-hydrogen) atoms. The Labute approximate surface area is 314 Å². The molecule has 2 aromatic heterocycles. The van der Waals surface area contributed by atoms with Gasteiger partial charge in [-0.25, -0.2) is 4.98 Å². The zero-order chi connectivity index (χ0) is 34.9. The van der Waals surface area contributed by atoms with Crippen LogP contribution < -0.4 is 4.90 Å². The Morgan fingerprint density at radius 2 is 1.04 bits per heavy atom. The molecule has 11 rings (SSSR count). The minimum absolute atomic E-state index is 1.05. The fourth-order valence-corrected chi connectivity index (χ4v) is 10.2. The molecular weight excluding hydrogens is 681 g/mol. The lowest BCUT2D eigenvalue weighted by atomic mass is 9.97. The molecule has 9 aromatic carbocycles. The molecule has 4 heteroatoms. The molecule has 0 fully saturated rings. The van der Waals surface area contributed by atoms with E-state index >= 15 is 0 Å². The molecule has 11 aromatic rings. The van der Waals surface area contributed by atoms with Crippen molar-refractivity contribution >= 4 is 102 Å². The molecule has 248 valence electrons. The fourth-order valence-electron chi connectivity index (χ4n) is 7.92. The van der Waals surface area contributed by atoms with E-state index in [2.05, 4.69) is 187 Å². The zero-order valence-corrected chi connectivity index (χ0v) is 30.2. The fraction of sp³-hybridized carbons (Fsp3) is 0. The highest BCUT2D eigenvalue weighted by Gasteiger charge is 2.21. The maximum Gasteiger partial charge on any atom is 0.124 e. The number of thiazole rings is 1. The average Bonchev–Trinajstić information content (AvgIpc) is 3.83. The second-order valence-electron chi connectivity index (χ2n) is 13.6. The molecular formula is C49H30N2S2. The Hall–Kier alpha value is -6.33. The van der Waals surface area contributed by atoms with Gasteiger partial charge in [0.1, 0.15) is 5.01 Å². The van der Waals surface area contributed by atoms with Gasteiger partial charge in [-0.2, -0.15) is 0 Å². The SMILES string of the molecule is c1ccc(-c2cc(N(c3ccc4c(ccc5ccccc54)c3)c3ccc4sc5ccc6nc(-c7ccccc7)sc6c5c4c3)c3ccccc3c2)cc1. The van der Waals surface area contributed by atoms with Crippen molar-refractivity contribution in [3.63, 3.8) is 0 Å². The smallest absolute Gasteiger partial charge is 0.124 e. The van der Waals surface area contributed by atoms with E-state index in [0.717, 1.165) is 33.1 Å². The third-order valence-electron chi connectivity index (χ3n) is 10.4. The Morgan fingerprint density at radius 1 is 0.396 bits per heavy atom. The predicted octanol–water partition coefficient (Wildman–Crippen LogP) is 14.9. The molecule has 0 bridgehead atoms. The summed E-state index contributed by atoms with van der Waals surface area (Å²) in [6.07, 6.45) is 0. The van der Waals surface area contributed by atoms with Crippen LogP contribution in [0, 0.1) is 0 Å². The molecule has 0 aliphatic carbocycles. The molecule has 0 atom stereocenters. The van der Waals surface area contributed by atoms with E-state index in [9.17, 15) is 0 Å². The van der Waals surface area contributed by atoms with E-state index in [1.807, 2.05) is 11.3 Å². The summed E-state index contributed by atoms with van der Waals surface area (Å²) in [5.74, 6) is 0. The first kappa shape index (κ1) is 30.3. The number of anilines is 3. The Kier molecular flexibility index (Phi) is 6.94. The van der Waals surface area contributed by atoms with Crippen LogP contribution >= 0.6 is 22.7 Å². The van der Waals surface area contributed by atoms with Gasteiger partial charge in [0.15, 0.2) is 0 Å². The van der Waals surface area contributed by atoms with Gasteiger partial charge in [0, 0.05) is 42.5 Å². The highest BCUT2D eigenvalue weighted by atomic mass is 32.1. The van der Waals surface area contributed by atoms with Crippen molar-refractivity contribution in [3.05, 3.63) is 182 Å². The van der Waals surface area contributed by atoms with Crippen molar-refractivity contribution in [2.24, 2.45) is 0 Å². The number of nitrogens with zero attached hydrogens (tertiary/aromatic N) is 2. The Balaban J connectivity index is 1.18. The van der Waals surface area contributed by atoms with Crippen LogP contribution in [-0.4, -0.2) is 4.98 Å². The predicted molar refractivity (Wildman–Crippen MR) is 231 cm³/mol. The standard InChI is InChI=1S/C49H30N2S2/c1-3-11-31(12-4-1)36-27-34-16-8-10-18-41(34)44(29-36)51(37-21-23-40-35(28-37)20-19-32-13-7-9-17-39(32)40)38-22-25-45-42(30-38)47-46(52-45)26-24-43-48(47)53-49(50-43)33-14-5-2-6-15-33/h1-30H. The van der Waals surface area contributed by atoms with E-state index in [1.54, 1.807) is 11.3 Å². The lowest BCUT2D eigenvalue weighted by Crippen LogP contribution is -2.10. The molecule has 0 radical (unpaired) electrons. The summed E-state index contributed by atoms with van der Waals surface area (Å²) in [6.45, 7) is 0. The largest absolute Gasteiger partial charge is 0.310 e. The first-order chi connectivity index (χ1) is 26.2. The minimum atomic E-state index is 1.05. The van der Waals surface area contributed by atoms with Crippen molar-refractivity contribution < 1.29 is 0 Å². The number of aromatic nitrogens is 1. The molecule has 0 aliphatic rings. The number of rotatable bonds is 5. The van der Waals surface area contributed by atoms with E-state index in [-0.39, 0.29) is 0 Å². The molecule has 0 N–H and O–H groups in total. The van der Waals surface area contributed by atoms with Crippen molar-refractivity contribution in [3.8, 4) is 21.7 Å². The van der Waals surface area contributed by atoms with Crippen LogP contribution in [0.15, 0.2) is 182 Å². The second-order valence-corrected chi connectivity index (χ2v) is 15.6. The normalized spacial score (nSPS) is 11.8. The monoisotopic (exact) mass is 710 g/mol. The third-order valence-corrected chi connectivity index (χ3v) is 12.7. The van der Waals surface area contributed by atoms with Crippen LogP contribution in [0.3, 0.4) is 0 Å². The van der Waals surface area contributed by atoms with Gasteiger partial charge in [0.05, 0.1) is 15.9 Å². The molecule has 0 unspecified atom stereocenters. The molecule has 0 amide bonds. The maximum absolute atomic E-state index is 5.11. The maximum atomic E-state index is 5.11. The van der Waals surface area contributed by atoms with Crippen molar-refractivity contribution in [2.45, 2.75) is 0 Å². The lowest BCUT2D eigenvalue weighted by Gasteiger charge is -2.28. The number of hydrogen-bond donors (Lipinski definition) is 0. The first-order valence-corrected chi connectivity index (χ1v) is 19.5.